The number of fused-ring (bicyclic) bond motifs is 1. The van der Waals surface area contributed by atoms with Gasteiger partial charge in [-0.3, -0.25) is 4.79 Å². The summed E-state index contributed by atoms with van der Waals surface area (Å²) in [6.45, 7) is 0.622. The number of hydrogen-bond donors (Lipinski definition) is 2. The Balaban J connectivity index is 1.99. The fourth-order valence-corrected chi connectivity index (χ4v) is 3.04. The maximum absolute atomic E-state index is 11.5. The smallest absolute Gasteiger partial charge is 0.248 e. The molecule has 0 saturated heterocycles. The number of benzene rings is 2. The van der Waals surface area contributed by atoms with E-state index in [-0.39, 0.29) is 12.0 Å². The first-order valence-corrected chi connectivity index (χ1v) is 7.47. The summed E-state index contributed by atoms with van der Waals surface area (Å²) in [5, 5.41) is 3.32. The van der Waals surface area contributed by atoms with Crippen LogP contribution >= 0.6 is 0 Å². The van der Waals surface area contributed by atoms with Gasteiger partial charge >= 0.3 is 0 Å². The summed E-state index contributed by atoms with van der Waals surface area (Å²) in [6, 6.07) is 16.0. The van der Waals surface area contributed by atoms with Gasteiger partial charge < -0.3 is 15.8 Å². The van der Waals surface area contributed by atoms with E-state index in [2.05, 4.69) is 17.4 Å². The van der Waals surface area contributed by atoms with Crippen LogP contribution < -0.4 is 15.8 Å². The summed E-state index contributed by atoms with van der Waals surface area (Å²) in [7, 11) is 1.94. The molecule has 0 fully saturated rings. The summed E-state index contributed by atoms with van der Waals surface area (Å²) in [5.74, 6) is 0.681. The SMILES string of the molecule is CN[C@@H]1COc2ccc(C(N)=O)cc2[C@H]1Cc1ccccc1. The van der Waals surface area contributed by atoms with Crippen molar-refractivity contribution in [2.45, 2.75) is 18.4 Å². The van der Waals surface area contributed by atoms with Crippen molar-refractivity contribution in [2.24, 2.45) is 5.73 Å². The molecule has 3 N–H and O–H groups in total. The zero-order valence-electron chi connectivity index (χ0n) is 12.6. The normalized spacial score (nSPS) is 20.0. The number of carbonyl (C=O) groups is 1. The fourth-order valence-electron chi connectivity index (χ4n) is 3.04. The second-order valence-corrected chi connectivity index (χ2v) is 5.62. The highest BCUT2D eigenvalue weighted by Gasteiger charge is 2.30. The molecular weight excluding hydrogens is 276 g/mol. The number of nitrogens with one attached hydrogen (secondary N) is 1. The molecule has 0 bridgehead atoms. The lowest BCUT2D eigenvalue weighted by Gasteiger charge is -2.34. The van der Waals surface area contributed by atoms with Crippen LogP contribution in [0.25, 0.3) is 0 Å². The minimum absolute atomic E-state index is 0.204. The molecule has 1 aliphatic heterocycles. The monoisotopic (exact) mass is 296 g/mol. The van der Waals surface area contributed by atoms with E-state index in [1.54, 1.807) is 6.07 Å². The molecular formula is C18H20N2O2. The molecule has 2 atom stereocenters. The third kappa shape index (κ3) is 2.83. The highest BCUT2D eigenvalue weighted by atomic mass is 16.5. The van der Waals surface area contributed by atoms with Gasteiger partial charge in [-0.25, -0.2) is 0 Å². The molecule has 2 aromatic rings. The predicted molar refractivity (Wildman–Crippen MR) is 86.2 cm³/mol. The van der Waals surface area contributed by atoms with Crippen LogP contribution in [0.1, 0.15) is 27.4 Å². The van der Waals surface area contributed by atoms with Crippen LogP contribution in [0.4, 0.5) is 0 Å². The van der Waals surface area contributed by atoms with E-state index in [1.807, 2.05) is 37.4 Å². The van der Waals surface area contributed by atoms with Crippen LogP contribution in [0, 0.1) is 0 Å². The zero-order valence-corrected chi connectivity index (χ0v) is 12.6. The molecule has 2 aromatic carbocycles. The first-order chi connectivity index (χ1) is 10.7. The number of primary amides is 1. The van der Waals surface area contributed by atoms with Crippen molar-refractivity contribution in [1.29, 1.82) is 0 Å². The van der Waals surface area contributed by atoms with Crippen molar-refractivity contribution in [1.82, 2.24) is 5.32 Å². The Labute approximate surface area is 130 Å². The molecule has 0 radical (unpaired) electrons. The number of rotatable bonds is 4. The van der Waals surface area contributed by atoms with Crippen molar-refractivity contribution in [3.8, 4) is 5.75 Å². The Bertz CT molecular complexity index is 670. The van der Waals surface area contributed by atoms with Crippen LogP contribution in [-0.4, -0.2) is 25.6 Å². The summed E-state index contributed by atoms with van der Waals surface area (Å²) < 4.78 is 5.82. The van der Waals surface area contributed by atoms with E-state index in [1.165, 1.54) is 5.56 Å². The van der Waals surface area contributed by atoms with Gasteiger partial charge in [0.15, 0.2) is 0 Å². The zero-order chi connectivity index (χ0) is 15.5. The molecule has 0 spiro atoms. The van der Waals surface area contributed by atoms with E-state index >= 15 is 0 Å². The fraction of sp³-hybridized carbons (Fsp3) is 0.278. The third-order valence-corrected chi connectivity index (χ3v) is 4.27. The van der Waals surface area contributed by atoms with Gasteiger partial charge in [0.2, 0.25) is 5.91 Å². The molecule has 1 amide bonds. The van der Waals surface area contributed by atoms with Crippen molar-refractivity contribution in [3.63, 3.8) is 0 Å². The lowest BCUT2D eigenvalue weighted by atomic mass is 9.83. The van der Waals surface area contributed by atoms with Crippen molar-refractivity contribution < 1.29 is 9.53 Å². The topological polar surface area (TPSA) is 64.3 Å². The molecule has 0 unspecified atom stereocenters. The molecule has 4 heteroatoms. The summed E-state index contributed by atoms with van der Waals surface area (Å²) >= 11 is 0. The lowest BCUT2D eigenvalue weighted by molar-refractivity contribution is 0.1000. The number of likely N-dealkylation sites (N-methyl/N-ethyl adjacent to an activating group) is 1. The average molecular weight is 296 g/mol. The molecule has 22 heavy (non-hydrogen) atoms. The molecule has 0 aliphatic carbocycles. The van der Waals surface area contributed by atoms with Crippen molar-refractivity contribution >= 4 is 5.91 Å². The van der Waals surface area contributed by atoms with Crippen molar-refractivity contribution in [3.05, 3.63) is 65.2 Å². The van der Waals surface area contributed by atoms with E-state index in [9.17, 15) is 4.79 Å². The molecule has 114 valence electrons. The van der Waals surface area contributed by atoms with E-state index < -0.39 is 5.91 Å². The van der Waals surface area contributed by atoms with Gasteiger partial charge in [-0.1, -0.05) is 30.3 Å². The Kier molecular flexibility index (Phi) is 4.11. The van der Waals surface area contributed by atoms with Gasteiger partial charge in [0.25, 0.3) is 0 Å². The maximum atomic E-state index is 11.5. The van der Waals surface area contributed by atoms with Crippen molar-refractivity contribution in [2.75, 3.05) is 13.7 Å². The van der Waals surface area contributed by atoms with Gasteiger partial charge in [-0.05, 0) is 37.2 Å². The molecule has 1 heterocycles. The van der Waals surface area contributed by atoms with Crippen LogP contribution in [-0.2, 0) is 6.42 Å². The predicted octanol–water partition coefficient (Wildman–Crippen LogP) is 2.09. The van der Waals surface area contributed by atoms with Crippen LogP contribution in [0.3, 0.4) is 0 Å². The first-order valence-electron chi connectivity index (χ1n) is 7.47. The molecule has 0 saturated carbocycles. The quantitative estimate of drug-likeness (QED) is 0.908. The maximum Gasteiger partial charge on any atom is 0.248 e. The summed E-state index contributed by atoms with van der Waals surface area (Å²) in [6.07, 6.45) is 0.894. The minimum atomic E-state index is -0.409. The molecule has 1 aliphatic rings. The Morgan fingerprint density at radius 1 is 1.27 bits per heavy atom. The largest absolute Gasteiger partial charge is 0.492 e. The van der Waals surface area contributed by atoms with Gasteiger partial charge in [-0.15, -0.1) is 0 Å². The molecule has 3 rings (SSSR count). The average Bonchev–Trinajstić information content (AvgIpc) is 2.55. The van der Waals surface area contributed by atoms with E-state index in [0.29, 0.717) is 12.2 Å². The first kappa shape index (κ1) is 14.6. The number of carbonyl (C=O) groups excluding carboxylic acids is 1. The standard InChI is InChI=1S/C18H20N2O2/c1-20-16-11-22-17-8-7-13(18(19)21)10-15(17)14(16)9-12-5-3-2-4-6-12/h2-8,10,14,16,20H,9,11H2,1H3,(H2,19,21)/t14-,16-/m1/s1. The van der Waals surface area contributed by atoms with Crippen LogP contribution in [0.2, 0.25) is 0 Å². The number of hydrogen-bond acceptors (Lipinski definition) is 3. The van der Waals surface area contributed by atoms with Gasteiger partial charge in [0.1, 0.15) is 12.4 Å². The summed E-state index contributed by atoms with van der Waals surface area (Å²) in [5.41, 5.74) is 8.26. The Morgan fingerprint density at radius 2 is 2.05 bits per heavy atom. The van der Waals surface area contributed by atoms with E-state index in [0.717, 1.165) is 17.7 Å². The highest BCUT2D eigenvalue weighted by Crippen LogP contribution is 2.36. The third-order valence-electron chi connectivity index (χ3n) is 4.27. The molecule has 4 nitrogen and oxygen atoms in total. The van der Waals surface area contributed by atoms with Gasteiger partial charge in [-0.2, -0.15) is 0 Å². The highest BCUT2D eigenvalue weighted by molar-refractivity contribution is 5.93. The molecule has 0 aromatic heterocycles. The second-order valence-electron chi connectivity index (χ2n) is 5.62. The van der Waals surface area contributed by atoms with E-state index in [4.69, 9.17) is 10.5 Å². The summed E-state index contributed by atoms with van der Waals surface area (Å²) in [4.78, 5) is 11.5. The van der Waals surface area contributed by atoms with Crippen LogP contribution in [0.15, 0.2) is 48.5 Å². The minimum Gasteiger partial charge on any atom is -0.492 e. The Morgan fingerprint density at radius 3 is 2.73 bits per heavy atom. The number of ether oxygens (including phenoxy) is 1. The Hall–Kier alpha value is -2.33. The van der Waals surface area contributed by atoms with Gasteiger partial charge in [0.05, 0.1) is 0 Å². The second kappa shape index (κ2) is 6.20. The number of nitrogens with two attached hydrogens (primary N) is 1. The lowest BCUT2D eigenvalue weighted by Crippen LogP contribution is -2.41. The van der Waals surface area contributed by atoms with Gasteiger partial charge in [0, 0.05) is 23.1 Å². The van der Waals surface area contributed by atoms with Crippen LogP contribution in [0.5, 0.6) is 5.75 Å². The number of amides is 1.